The third-order valence-electron chi connectivity index (χ3n) is 2.85. The Labute approximate surface area is 122 Å². The summed E-state index contributed by atoms with van der Waals surface area (Å²) in [6, 6.07) is 4.08. The fourth-order valence-corrected chi connectivity index (χ4v) is 2.12. The maximum Gasteiger partial charge on any atom is 0.435 e. The van der Waals surface area contributed by atoms with Gasteiger partial charge in [0.2, 0.25) is 0 Å². The van der Waals surface area contributed by atoms with E-state index in [1.165, 1.54) is 18.3 Å². The van der Waals surface area contributed by atoms with Crippen molar-refractivity contribution < 1.29 is 22.7 Å². The van der Waals surface area contributed by atoms with Gasteiger partial charge >= 0.3 is 6.18 Å². The highest BCUT2D eigenvalue weighted by Crippen LogP contribution is 2.31. The minimum atomic E-state index is -4.61. The average molecular weight is 323 g/mol. The first-order valence-electron chi connectivity index (χ1n) is 6.00. The molecule has 1 aromatic carbocycles. The molecular formula is C13H11ClF4N2O. The van der Waals surface area contributed by atoms with Crippen LogP contribution in [0.3, 0.4) is 0 Å². The predicted molar refractivity (Wildman–Crippen MR) is 68.5 cm³/mol. The van der Waals surface area contributed by atoms with Gasteiger partial charge in [0.05, 0.1) is 11.6 Å². The Hall–Kier alpha value is -1.60. The lowest BCUT2D eigenvalue weighted by Crippen LogP contribution is -2.11. The van der Waals surface area contributed by atoms with Crippen molar-refractivity contribution in [1.29, 1.82) is 0 Å². The molecule has 1 heterocycles. The van der Waals surface area contributed by atoms with Crippen LogP contribution in [0.15, 0.2) is 24.4 Å². The molecule has 114 valence electrons. The number of aliphatic hydroxyl groups excluding tert-OH is 1. The van der Waals surface area contributed by atoms with E-state index in [1.807, 2.05) is 0 Å². The van der Waals surface area contributed by atoms with Crippen molar-refractivity contribution in [1.82, 2.24) is 9.78 Å². The molecule has 0 aliphatic heterocycles. The van der Waals surface area contributed by atoms with Gasteiger partial charge in [0.25, 0.3) is 0 Å². The number of hydrogen-bond acceptors (Lipinski definition) is 2. The second kappa shape index (κ2) is 6.03. The van der Waals surface area contributed by atoms with E-state index in [4.69, 9.17) is 16.7 Å². The fraction of sp³-hybridized carbons (Fsp3) is 0.308. The van der Waals surface area contributed by atoms with Crippen molar-refractivity contribution in [3.05, 3.63) is 52.1 Å². The predicted octanol–water partition coefficient (Wildman–Crippen LogP) is 3.28. The molecule has 0 aliphatic carbocycles. The molecule has 0 spiro atoms. The molecule has 1 aromatic heterocycles. The van der Waals surface area contributed by atoms with E-state index in [0.29, 0.717) is 5.56 Å². The number of alkyl halides is 3. The van der Waals surface area contributed by atoms with Gasteiger partial charge < -0.3 is 5.11 Å². The van der Waals surface area contributed by atoms with Crippen LogP contribution in [0.1, 0.15) is 16.8 Å². The maximum absolute atomic E-state index is 13.3. The molecule has 0 saturated carbocycles. The van der Waals surface area contributed by atoms with Gasteiger partial charge in [-0.3, -0.25) is 4.68 Å². The van der Waals surface area contributed by atoms with Crippen LogP contribution in [0.2, 0.25) is 5.02 Å². The number of nitrogens with zero attached hydrogens (tertiary/aromatic N) is 2. The second-order valence-corrected chi connectivity index (χ2v) is 4.76. The molecule has 0 amide bonds. The van der Waals surface area contributed by atoms with Gasteiger partial charge in [-0.1, -0.05) is 23.7 Å². The zero-order chi connectivity index (χ0) is 15.6. The van der Waals surface area contributed by atoms with Crippen molar-refractivity contribution in [2.75, 3.05) is 6.61 Å². The van der Waals surface area contributed by atoms with E-state index in [1.54, 1.807) is 0 Å². The normalized spacial score (nSPS) is 11.9. The standard InChI is InChI=1S/C13H11ClF4N2O/c14-11-8(2-1-3-10(11)15)6-20-7-9(4-5-21)12(19-20)13(16,17)18/h1-3,7,21H,4-6H2. The molecule has 0 atom stereocenters. The molecule has 2 aromatic rings. The lowest BCUT2D eigenvalue weighted by Gasteiger charge is -2.06. The highest BCUT2D eigenvalue weighted by Gasteiger charge is 2.36. The summed E-state index contributed by atoms with van der Waals surface area (Å²) in [5.74, 6) is -0.645. The lowest BCUT2D eigenvalue weighted by atomic mass is 10.2. The third-order valence-corrected chi connectivity index (χ3v) is 3.27. The van der Waals surface area contributed by atoms with Crippen molar-refractivity contribution in [2.45, 2.75) is 19.1 Å². The lowest BCUT2D eigenvalue weighted by molar-refractivity contribution is -0.142. The number of aliphatic hydroxyl groups is 1. The van der Waals surface area contributed by atoms with Crippen LogP contribution in [0.4, 0.5) is 17.6 Å². The maximum atomic E-state index is 13.3. The van der Waals surface area contributed by atoms with Gasteiger partial charge in [-0.25, -0.2) is 4.39 Å². The van der Waals surface area contributed by atoms with Crippen molar-refractivity contribution in [3.8, 4) is 0 Å². The van der Waals surface area contributed by atoms with Gasteiger partial charge in [0.1, 0.15) is 5.82 Å². The van der Waals surface area contributed by atoms with Crippen molar-refractivity contribution in [3.63, 3.8) is 0 Å². The number of hydrogen-bond donors (Lipinski definition) is 1. The molecule has 0 saturated heterocycles. The molecule has 0 fully saturated rings. The first-order valence-corrected chi connectivity index (χ1v) is 6.38. The van der Waals surface area contributed by atoms with Gasteiger partial charge in [-0.2, -0.15) is 18.3 Å². The summed E-state index contributed by atoms with van der Waals surface area (Å²) in [7, 11) is 0. The van der Waals surface area contributed by atoms with E-state index >= 15 is 0 Å². The van der Waals surface area contributed by atoms with E-state index in [0.717, 1.165) is 10.7 Å². The Bertz CT molecular complexity index is 640. The highest BCUT2D eigenvalue weighted by atomic mass is 35.5. The van der Waals surface area contributed by atoms with Crippen LogP contribution in [-0.2, 0) is 19.1 Å². The first kappa shape index (κ1) is 15.8. The van der Waals surface area contributed by atoms with Gasteiger partial charge in [0, 0.05) is 18.4 Å². The number of aromatic nitrogens is 2. The summed E-state index contributed by atoms with van der Waals surface area (Å²) in [5, 5.41) is 12.1. The molecule has 0 bridgehead atoms. The largest absolute Gasteiger partial charge is 0.435 e. The van der Waals surface area contributed by atoms with Crippen LogP contribution in [0.25, 0.3) is 0 Å². The SMILES string of the molecule is OCCc1cn(Cc2cccc(F)c2Cl)nc1C(F)(F)F. The minimum Gasteiger partial charge on any atom is -0.396 e. The van der Waals surface area contributed by atoms with E-state index in [9.17, 15) is 17.6 Å². The van der Waals surface area contributed by atoms with Crippen LogP contribution < -0.4 is 0 Å². The Morgan fingerprint density at radius 3 is 2.57 bits per heavy atom. The van der Waals surface area contributed by atoms with Gasteiger partial charge in [-0.15, -0.1) is 0 Å². The third kappa shape index (κ3) is 3.54. The number of rotatable bonds is 4. The summed E-state index contributed by atoms with van der Waals surface area (Å²) in [4.78, 5) is 0. The molecule has 8 heteroatoms. The minimum absolute atomic E-state index is 0.0922. The highest BCUT2D eigenvalue weighted by molar-refractivity contribution is 6.31. The molecule has 21 heavy (non-hydrogen) atoms. The zero-order valence-electron chi connectivity index (χ0n) is 10.7. The number of benzene rings is 1. The van der Waals surface area contributed by atoms with Crippen LogP contribution >= 0.6 is 11.6 Å². The van der Waals surface area contributed by atoms with E-state index < -0.39 is 24.3 Å². The van der Waals surface area contributed by atoms with E-state index in [-0.39, 0.29) is 23.6 Å². The Kier molecular flexibility index (Phi) is 4.53. The molecule has 0 aliphatic rings. The smallest absolute Gasteiger partial charge is 0.396 e. The van der Waals surface area contributed by atoms with Crippen LogP contribution in [-0.4, -0.2) is 21.5 Å². The zero-order valence-corrected chi connectivity index (χ0v) is 11.4. The molecule has 3 nitrogen and oxygen atoms in total. The number of halogens is 5. The monoisotopic (exact) mass is 322 g/mol. The summed E-state index contributed by atoms with van der Waals surface area (Å²) in [5.41, 5.74) is -0.843. The summed E-state index contributed by atoms with van der Waals surface area (Å²) in [6.07, 6.45) is -3.59. The van der Waals surface area contributed by atoms with Crippen LogP contribution in [0.5, 0.6) is 0 Å². The summed E-state index contributed by atoms with van der Waals surface area (Å²) < 4.78 is 52.8. The molecule has 2 rings (SSSR count). The fourth-order valence-electron chi connectivity index (χ4n) is 1.93. The van der Waals surface area contributed by atoms with E-state index in [2.05, 4.69) is 5.10 Å². The van der Waals surface area contributed by atoms with Crippen molar-refractivity contribution in [2.24, 2.45) is 0 Å². The average Bonchev–Trinajstić information content (AvgIpc) is 2.78. The molecule has 1 N–H and O–H groups in total. The van der Waals surface area contributed by atoms with Crippen LogP contribution in [0, 0.1) is 5.82 Å². The summed E-state index contributed by atoms with van der Waals surface area (Å²) in [6.45, 7) is -0.513. The van der Waals surface area contributed by atoms with Gasteiger partial charge in [0.15, 0.2) is 5.69 Å². The molecular weight excluding hydrogens is 312 g/mol. The Morgan fingerprint density at radius 1 is 1.24 bits per heavy atom. The summed E-state index contributed by atoms with van der Waals surface area (Å²) >= 11 is 5.76. The second-order valence-electron chi connectivity index (χ2n) is 4.38. The quantitative estimate of drug-likeness (QED) is 0.877. The Balaban J connectivity index is 2.35. The molecule has 0 radical (unpaired) electrons. The Morgan fingerprint density at radius 2 is 1.95 bits per heavy atom. The van der Waals surface area contributed by atoms with Crippen molar-refractivity contribution >= 4 is 11.6 Å². The van der Waals surface area contributed by atoms with Gasteiger partial charge in [-0.05, 0) is 18.1 Å². The first-order chi connectivity index (χ1) is 9.82. The topological polar surface area (TPSA) is 38.0 Å². The molecule has 0 unspecified atom stereocenters.